The van der Waals surface area contributed by atoms with Crippen molar-refractivity contribution in [3.63, 3.8) is 0 Å². The number of pyridine rings is 1. The van der Waals surface area contributed by atoms with Crippen molar-refractivity contribution in [1.82, 2.24) is 4.98 Å². The number of rotatable bonds is 9. The molecule has 0 spiro atoms. The largest absolute Gasteiger partial charge is 0.361 e. The molecule has 0 bridgehead atoms. The Labute approximate surface area is 249 Å². The van der Waals surface area contributed by atoms with Crippen molar-refractivity contribution in [3.05, 3.63) is 152 Å². The van der Waals surface area contributed by atoms with Crippen LogP contribution in [-0.2, 0) is 37.5 Å². The van der Waals surface area contributed by atoms with Crippen LogP contribution in [0.3, 0.4) is 0 Å². The Bertz CT molecular complexity index is 1340. The molecule has 3 aromatic carbocycles. The summed E-state index contributed by atoms with van der Waals surface area (Å²) in [6.07, 6.45) is 12.9. The summed E-state index contributed by atoms with van der Waals surface area (Å²) in [7, 11) is 0. The van der Waals surface area contributed by atoms with Gasteiger partial charge >= 0.3 is 0 Å². The Morgan fingerprint density at radius 2 is 1.35 bits per heavy atom. The van der Waals surface area contributed by atoms with E-state index < -0.39 is 6.89 Å². The zero-order chi connectivity index (χ0) is 25.2. The van der Waals surface area contributed by atoms with E-state index in [1.807, 2.05) is 73.0 Å². The van der Waals surface area contributed by atoms with Crippen molar-refractivity contribution in [2.75, 3.05) is 6.26 Å². The number of benzene rings is 3. The predicted octanol–water partition coefficient (Wildman–Crippen LogP) is 5.79. The summed E-state index contributed by atoms with van der Waals surface area (Å²) in [5.41, 5.74) is 0.846. The van der Waals surface area contributed by atoms with E-state index in [0.717, 1.165) is 31.8 Å². The van der Waals surface area contributed by atoms with Crippen molar-refractivity contribution < 1.29 is 37.5 Å². The van der Waals surface area contributed by atoms with Crippen LogP contribution in [0, 0.1) is 12.7 Å². The molecule has 0 fully saturated rings. The van der Waals surface area contributed by atoms with Crippen LogP contribution < -0.4 is 15.9 Å². The summed E-state index contributed by atoms with van der Waals surface area (Å²) in [5, 5.41) is 4.86. The average molecular weight is 593 g/mol. The van der Waals surface area contributed by atoms with Gasteiger partial charge in [-0.2, -0.15) is 6.08 Å². The molecule has 181 valence electrons. The first-order chi connectivity index (χ1) is 17.7. The van der Waals surface area contributed by atoms with Crippen molar-refractivity contribution in [1.29, 1.82) is 0 Å². The fourth-order valence-electron chi connectivity index (χ4n) is 4.32. The average Bonchev–Trinajstić information content (AvgIpc) is 2.95. The van der Waals surface area contributed by atoms with Crippen LogP contribution in [-0.4, -0.2) is 22.3 Å². The summed E-state index contributed by atoms with van der Waals surface area (Å²) in [6, 6.07) is 35.0. The normalized spacial score (nSPS) is 11.3. The van der Waals surface area contributed by atoms with Crippen LogP contribution in [0.15, 0.2) is 139 Å². The number of hydrogen-bond acceptors (Lipinski definition) is 3. The second kappa shape index (κ2) is 14.4. The van der Waals surface area contributed by atoms with Crippen molar-refractivity contribution in [2.45, 2.75) is 5.03 Å². The predicted molar refractivity (Wildman–Crippen MR) is 156 cm³/mol. The van der Waals surface area contributed by atoms with E-state index in [1.54, 1.807) is 36.2 Å². The van der Waals surface area contributed by atoms with E-state index in [-0.39, 0.29) is 38.5 Å². The van der Waals surface area contributed by atoms with Gasteiger partial charge in [-0.3, -0.25) is 6.08 Å². The molecule has 5 heteroatoms. The maximum atomic E-state index is 14.3. The van der Waals surface area contributed by atoms with Gasteiger partial charge in [0, 0.05) is 49.8 Å². The molecule has 1 radical (unpaired) electrons. The quantitative estimate of drug-likeness (QED) is 0.0811. The molecule has 4 aromatic rings. The Balaban J connectivity index is 0.00000380. The van der Waals surface area contributed by atoms with Gasteiger partial charge in [0.15, 0.2) is 0 Å². The minimum atomic E-state index is -2.65. The van der Waals surface area contributed by atoms with Gasteiger partial charge in [0.1, 0.15) is 10.8 Å². The van der Waals surface area contributed by atoms with Gasteiger partial charge in [0.25, 0.3) is 0 Å². The summed E-state index contributed by atoms with van der Waals surface area (Å²) < 4.78 is 0. The zero-order valence-corrected chi connectivity index (χ0v) is 25.1. The summed E-state index contributed by atoms with van der Waals surface area (Å²) >= 11 is 1.54. The van der Waals surface area contributed by atoms with E-state index in [0.29, 0.717) is 0 Å². The Morgan fingerprint density at radius 1 is 0.838 bits per heavy atom. The van der Waals surface area contributed by atoms with Gasteiger partial charge in [-0.25, -0.2) is 4.98 Å². The standard InChI is InChI=1S/C32H26NOPS.Y/c1-3-4-5-15-24-30(34)31(29-23-16-25-33-32(29)36-2)35(26-17-9-6-10-18-26,27-19-11-7-12-20-27)28-21-13-8-14-22-28;/h1,3-4,6-25H,2H3;/q-2;/b24-15+;. The minimum Gasteiger partial charge on any atom is -0.361 e. The van der Waals surface area contributed by atoms with Crippen molar-refractivity contribution in [2.24, 2.45) is 0 Å². The Kier molecular flexibility index (Phi) is 11.3. The molecule has 0 N–H and O–H groups in total. The molecular weight excluding hydrogens is 566 g/mol. The van der Waals surface area contributed by atoms with E-state index in [2.05, 4.69) is 47.5 Å². The third-order valence-electron chi connectivity index (χ3n) is 5.74. The van der Waals surface area contributed by atoms with Crippen molar-refractivity contribution in [3.8, 4) is 0 Å². The van der Waals surface area contributed by atoms with Crippen LogP contribution >= 0.6 is 18.6 Å². The number of carbonyl (C=O) groups excluding carboxylic acids is 1. The summed E-state index contributed by atoms with van der Waals surface area (Å²) in [4.78, 5) is 19.0. The first-order valence-corrected chi connectivity index (χ1v) is 14.5. The number of allylic oxidation sites excluding steroid dienone is 5. The fraction of sp³-hybridized carbons (Fsp3) is 0.0312. The second-order valence-electron chi connectivity index (χ2n) is 7.81. The first-order valence-electron chi connectivity index (χ1n) is 11.5. The molecule has 0 aliphatic heterocycles. The number of ketones is 1. The van der Waals surface area contributed by atoms with Crippen LogP contribution in [0.1, 0.15) is 5.56 Å². The van der Waals surface area contributed by atoms with Crippen LogP contribution in [0.5, 0.6) is 0 Å². The van der Waals surface area contributed by atoms with E-state index >= 15 is 0 Å². The molecule has 0 aliphatic rings. The van der Waals surface area contributed by atoms with Crippen LogP contribution in [0.4, 0.5) is 0 Å². The number of hydrogen-bond donors (Lipinski definition) is 0. The van der Waals surface area contributed by atoms with Crippen LogP contribution in [0.2, 0.25) is 0 Å². The molecule has 1 heterocycles. The Morgan fingerprint density at radius 3 is 1.81 bits per heavy atom. The maximum Gasteiger partial charge on any atom is 0.134 e. The van der Waals surface area contributed by atoms with E-state index in [9.17, 15) is 4.79 Å². The molecular formula is C32H26NOPSY-2. The number of thioether (sulfide) groups is 1. The number of carbonyl (C=O) groups is 1. The molecule has 2 nitrogen and oxygen atoms in total. The molecule has 0 aliphatic carbocycles. The summed E-state index contributed by atoms with van der Waals surface area (Å²) in [6.45, 7) is 2.81. The van der Waals surface area contributed by atoms with Gasteiger partial charge in [-0.15, -0.1) is 17.8 Å². The maximum absolute atomic E-state index is 14.3. The molecule has 0 saturated carbocycles. The molecule has 0 atom stereocenters. The fourth-order valence-corrected chi connectivity index (χ4v) is 9.42. The molecule has 1 aromatic heterocycles. The van der Waals surface area contributed by atoms with Gasteiger partial charge in [-0.05, 0) is 41.2 Å². The third kappa shape index (κ3) is 6.30. The molecule has 0 saturated heterocycles. The number of aromatic nitrogens is 1. The monoisotopic (exact) mass is 592 g/mol. The second-order valence-corrected chi connectivity index (χ2v) is 11.9. The number of nitrogens with zero attached hydrogens (tertiary/aromatic N) is 1. The van der Waals surface area contributed by atoms with Crippen molar-refractivity contribution >= 4 is 45.6 Å². The molecule has 0 unspecified atom stereocenters. The van der Waals surface area contributed by atoms with Gasteiger partial charge in [-0.1, -0.05) is 91.0 Å². The van der Waals surface area contributed by atoms with Crippen LogP contribution in [0.25, 0.3) is 0 Å². The zero-order valence-electron chi connectivity index (χ0n) is 20.6. The molecule has 4 rings (SSSR count). The van der Waals surface area contributed by atoms with Gasteiger partial charge in [0.2, 0.25) is 0 Å². The van der Waals surface area contributed by atoms with E-state index in [1.165, 1.54) is 6.08 Å². The first kappa shape index (κ1) is 29.0. The smallest absolute Gasteiger partial charge is 0.134 e. The Hall–Kier alpha value is -2.55. The SMILES string of the molecule is [CH-]=CC=[C-]/C=C/C(=O)C(c1cccnc1SC)=P(c1ccccc1)(c1ccccc1)c1ccccc1.[Y]. The minimum absolute atomic E-state index is 0. The molecule has 0 amide bonds. The topological polar surface area (TPSA) is 30.0 Å². The van der Waals surface area contributed by atoms with E-state index in [4.69, 9.17) is 6.58 Å². The third-order valence-corrected chi connectivity index (χ3v) is 10.8. The van der Waals surface area contributed by atoms with Gasteiger partial charge < -0.3 is 23.5 Å². The summed E-state index contributed by atoms with van der Waals surface area (Å²) in [5.74, 6) is -0.0823. The van der Waals surface area contributed by atoms with Gasteiger partial charge in [0.05, 0.1) is 0 Å². The molecule has 37 heavy (non-hydrogen) atoms.